The molecular weight excluding hydrogens is 380 g/mol. The van der Waals surface area contributed by atoms with Crippen LogP contribution in [0.1, 0.15) is 34.1 Å². The molecule has 2 atom stereocenters. The second kappa shape index (κ2) is 8.97. The zero-order valence-corrected chi connectivity index (χ0v) is 18.6. The summed E-state index contributed by atoms with van der Waals surface area (Å²) in [6.45, 7) is 9.01. The van der Waals surface area contributed by atoms with Crippen molar-refractivity contribution in [3.8, 4) is 0 Å². The van der Waals surface area contributed by atoms with E-state index < -0.39 is 26.7 Å². The Hall–Kier alpha value is -2.37. The Labute approximate surface area is 174 Å². The fraction of sp³-hybridized carbons (Fsp3) is 0.375. The van der Waals surface area contributed by atoms with Crippen LogP contribution < -0.4 is 10.4 Å². The molecule has 5 heteroatoms. The van der Waals surface area contributed by atoms with E-state index in [1.54, 1.807) is 0 Å². The molecule has 3 rings (SSSR count). The molecule has 0 amide bonds. The van der Waals surface area contributed by atoms with E-state index in [0.717, 1.165) is 6.42 Å². The summed E-state index contributed by atoms with van der Waals surface area (Å²) in [5, 5.41) is 2.27. The fourth-order valence-corrected chi connectivity index (χ4v) is 8.51. The van der Waals surface area contributed by atoms with Crippen LogP contribution in [0.2, 0.25) is 5.04 Å². The first-order chi connectivity index (χ1) is 13.9. The number of cyclic esters (lactones) is 2. The molecule has 1 heterocycles. The molecule has 0 N–H and O–H groups in total. The predicted octanol–water partition coefficient (Wildman–Crippen LogP) is 4.43. The Morgan fingerprint density at radius 1 is 0.966 bits per heavy atom. The number of carbonyl (C=O) groups excluding carboxylic acids is 1. The van der Waals surface area contributed by atoms with Gasteiger partial charge in [-0.2, -0.15) is 0 Å². The van der Waals surface area contributed by atoms with E-state index in [9.17, 15) is 4.79 Å². The van der Waals surface area contributed by atoms with Crippen molar-refractivity contribution >= 4 is 24.8 Å². The lowest BCUT2D eigenvalue weighted by atomic mass is 10.2. The molecule has 0 saturated carbocycles. The molecule has 1 aliphatic rings. The van der Waals surface area contributed by atoms with Gasteiger partial charge >= 0.3 is 6.16 Å². The van der Waals surface area contributed by atoms with Crippen molar-refractivity contribution in [1.29, 1.82) is 0 Å². The lowest BCUT2D eigenvalue weighted by Gasteiger charge is -2.43. The third-order valence-electron chi connectivity index (χ3n) is 5.29. The molecule has 154 valence electrons. The molecule has 2 aromatic rings. The summed E-state index contributed by atoms with van der Waals surface area (Å²) in [6, 6.07) is 20.9. The van der Waals surface area contributed by atoms with Crippen LogP contribution >= 0.6 is 0 Å². The summed E-state index contributed by atoms with van der Waals surface area (Å²) >= 11 is 0. The monoisotopic (exact) mass is 410 g/mol. The van der Waals surface area contributed by atoms with Crippen molar-refractivity contribution in [3.05, 3.63) is 72.8 Å². The highest BCUT2D eigenvalue weighted by molar-refractivity contribution is 6.99. The van der Waals surface area contributed by atoms with Crippen LogP contribution in [0.25, 0.3) is 0 Å². The van der Waals surface area contributed by atoms with Crippen LogP contribution in [0.3, 0.4) is 0 Å². The van der Waals surface area contributed by atoms with Gasteiger partial charge in [-0.1, -0.05) is 94.4 Å². The van der Waals surface area contributed by atoms with E-state index in [1.165, 1.54) is 10.4 Å². The number of benzene rings is 2. The van der Waals surface area contributed by atoms with E-state index in [1.807, 2.05) is 31.2 Å². The minimum atomic E-state index is -2.67. The summed E-state index contributed by atoms with van der Waals surface area (Å²) in [6.07, 6.45) is 3.25. The standard InChI is InChI=1S/C24H30O4Si/c1-5-6-17-21-22(28-23(25)27-21)18-26-29(24(2,3)4,19-13-9-7-10-14-19)20-15-11-8-12-16-20/h6-17,21-22H,5,18H2,1-4H3/b17-6-/t21-,22-/m0/s1. The van der Waals surface area contributed by atoms with Crippen molar-refractivity contribution in [2.75, 3.05) is 6.61 Å². The molecule has 29 heavy (non-hydrogen) atoms. The van der Waals surface area contributed by atoms with E-state index in [4.69, 9.17) is 13.9 Å². The summed E-state index contributed by atoms with van der Waals surface area (Å²) in [7, 11) is -2.67. The molecule has 0 aliphatic carbocycles. The van der Waals surface area contributed by atoms with Gasteiger partial charge in [0.05, 0.1) is 6.61 Å². The van der Waals surface area contributed by atoms with Crippen LogP contribution in [0, 0.1) is 0 Å². The third-order valence-corrected chi connectivity index (χ3v) is 10.3. The molecule has 2 aromatic carbocycles. The highest BCUT2D eigenvalue weighted by Gasteiger charge is 2.51. The first kappa shape index (κ1) is 21.3. The van der Waals surface area contributed by atoms with E-state index in [0.29, 0.717) is 0 Å². The zero-order valence-electron chi connectivity index (χ0n) is 17.6. The van der Waals surface area contributed by atoms with Crippen molar-refractivity contribution < 1.29 is 18.7 Å². The molecule has 0 aromatic heterocycles. The van der Waals surface area contributed by atoms with Crippen LogP contribution in [0.15, 0.2) is 72.8 Å². The first-order valence-electron chi connectivity index (χ1n) is 10.2. The number of allylic oxidation sites excluding steroid dienone is 1. The lowest BCUT2D eigenvalue weighted by molar-refractivity contribution is 0.0932. The van der Waals surface area contributed by atoms with E-state index in [-0.39, 0.29) is 11.6 Å². The second-order valence-electron chi connectivity index (χ2n) is 8.30. The van der Waals surface area contributed by atoms with Crippen LogP contribution in [0.4, 0.5) is 4.79 Å². The van der Waals surface area contributed by atoms with Gasteiger partial charge in [-0.15, -0.1) is 0 Å². The number of hydrogen-bond donors (Lipinski definition) is 0. The van der Waals surface area contributed by atoms with Crippen molar-refractivity contribution in [3.63, 3.8) is 0 Å². The minimum absolute atomic E-state index is 0.131. The van der Waals surface area contributed by atoms with Gasteiger partial charge in [0.25, 0.3) is 8.32 Å². The molecule has 0 radical (unpaired) electrons. The third kappa shape index (κ3) is 4.46. The van der Waals surface area contributed by atoms with Crippen molar-refractivity contribution in [1.82, 2.24) is 0 Å². The summed E-state index contributed by atoms with van der Waals surface area (Å²) < 4.78 is 17.6. The van der Waals surface area contributed by atoms with Gasteiger partial charge in [0.1, 0.15) is 0 Å². The fourth-order valence-electron chi connectivity index (χ4n) is 3.94. The molecule has 0 bridgehead atoms. The first-order valence-corrected chi connectivity index (χ1v) is 12.1. The van der Waals surface area contributed by atoms with Crippen molar-refractivity contribution in [2.24, 2.45) is 0 Å². The van der Waals surface area contributed by atoms with Gasteiger partial charge in [-0.25, -0.2) is 4.79 Å². The highest BCUT2D eigenvalue weighted by atomic mass is 28.4. The summed E-state index contributed by atoms with van der Waals surface area (Å²) in [5.74, 6) is 0. The lowest BCUT2D eigenvalue weighted by Crippen LogP contribution is -2.67. The van der Waals surface area contributed by atoms with Gasteiger partial charge in [-0.3, -0.25) is 0 Å². The number of rotatable bonds is 7. The second-order valence-corrected chi connectivity index (χ2v) is 12.6. The van der Waals surface area contributed by atoms with Crippen molar-refractivity contribution in [2.45, 2.75) is 51.4 Å². The predicted molar refractivity (Wildman–Crippen MR) is 118 cm³/mol. The number of ether oxygens (including phenoxy) is 2. The van der Waals surface area contributed by atoms with E-state index >= 15 is 0 Å². The quantitative estimate of drug-likeness (QED) is 0.385. The van der Waals surface area contributed by atoms with Crippen LogP contribution in [-0.2, 0) is 13.9 Å². The van der Waals surface area contributed by atoms with Crippen LogP contribution in [-0.4, -0.2) is 33.3 Å². The average molecular weight is 411 g/mol. The van der Waals surface area contributed by atoms with Gasteiger partial charge in [0.2, 0.25) is 0 Å². The van der Waals surface area contributed by atoms with Gasteiger partial charge in [0.15, 0.2) is 12.2 Å². The Kier molecular flexibility index (Phi) is 6.60. The maximum atomic E-state index is 11.8. The maximum Gasteiger partial charge on any atom is 0.509 e. The highest BCUT2D eigenvalue weighted by Crippen LogP contribution is 2.37. The minimum Gasteiger partial charge on any atom is -0.424 e. The summed E-state index contributed by atoms with van der Waals surface area (Å²) in [4.78, 5) is 11.8. The molecule has 1 aliphatic heterocycles. The Morgan fingerprint density at radius 3 is 2.00 bits per heavy atom. The van der Waals surface area contributed by atoms with Gasteiger partial charge < -0.3 is 13.9 Å². The largest absolute Gasteiger partial charge is 0.509 e. The molecule has 4 nitrogen and oxygen atoms in total. The Balaban J connectivity index is 2.00. The van der Waals surface area contributed by atoms with Crippen LogP contribution in [0.5, 0.6) is 0 Å². The molecule has 0 spiro atoms. The average Bonchev–Trinajstić information content (AvgIpc) is 3.07. The Morgan fingerprint density at radius 2 is 1.52 bits per heavy atom. The SMILES string of the molecule is CC/C=C\[C@@H]1OC(=O)O[C@H]1CO[Si](c1ccccc1)(c1ccccc1)C(C)(C)C. The van der Waals surface area contributed by atoms with Gasteiger partial charge in [0, 0.05) is 0 Å². The number of hydrogen-bond acceptors (Lipinski definition) is 4. The smallest absolute Gasteiger partial charge is 0.424 e. The topological polar surface area (TPSA) is 44.8 Å². The maximum absolute atomic E-state index is 11.8. The summed E-state index contributed by atoms with van der Waals surface area (Å²) in [5.41, 5.74) is 0. The molecule has 0 unspecified atom stereocenters. The van der Waals surface area contributed by atoms with E-state index in [2.05, 4.69) is 69.3 Å². The normalized spacial score (nSPS) is 19.9. The Bertz CT molecular complexity index is 787. The molecule has 1 fully saturated rings. The number of carbonyl (C=O) groups is 1. The zero-order chi connectivity index (χ0) is 20.9. The molecule has 1 saturated heterocycles. The van der Waals surface area contributed by atoms with Gasteiger partial charge in [-0.05, 0) is 27.9 Å². The molecular formula is C24H30O4Si.